The monoisotopic (exact) mass is 415 g/mol. The lowest BCUT2D eigenvalue weighted by molar-refractivity contribution is 0.0730. The van der Waals surface area contributed by atoms with E-state index in [1.807, 2.05) is 30.1 Å². The molecule has 29 heavy (non-hydrogen) atoms. The number of para-hydroxylation sites is 1. The quantitative estimate of drug-likeness (QED) is 0.765. The van der Waals surface area contributed by atoms with Crippen molar-refractivity contribution in [1.29, 1.82) is 0 Å². The lowest BCUT2D eigenvalue weighted by Crippen LogP contribution is -2.40. The smallest absolute Gasteiger partial charge is 0.254 e. The summed E-state index contributed by atoms with van der Waals surface area (Å²) in [6, 6.07) is 14.3. The van der Waals surface area contributed by atoms with Crippen molar-refractivity contribution >= 4 is 21.6 Å². The summed E-state index contributed by atoms with van der Waals surface area (Å²) in [7, 11) is -1.53. The number of hydrogen-bond acceptors (Lipinski definition) is 5. The van der Waals surface area contributed by atoms with Crippen molar-refractivity contribution in [2.24, 2.45) is 0 Å². The van der Waals surface area contributed by atoms with Gasteiger partial charge in [0, 0.05) is 51.0 Å². The standard InChI is InChI=1S/C21H25N3O4S/c1-22-10-11-23(16-18-4-2-3-5-20(18)22)21(25)17-6-8-19(9-7-17)29(26,27)24-12-14-28-15-13-24/h2-9H,10-16H2,1H3. The van der Waals surface area contributed by atoms with E-state index in [-0.39, 0.29) is 10.8 Å². The van der Waals surface area contributed by atoms with Gasteiger partial charge in [0.1, 0.15) is 0 Å². The molecule has 2 aliphatic rings. The Kier molecular flexibility index (Phi) is 5.58. The Morgan fingerprint density at radius 3 is 2.34 bits per heavy atom. The topological polar surface area (TPSA) is 70.2 Å². The molecular weight excluding hydrogens is 390 g/mol. The van der Waals surface area contributed by atoms with E-state index < -0.39 is 10.0 Å². The zero-order valence-electron chi connectivity index (χ0n) is 16.5. The summed E-state index contributed by atoms with van der Waals surface area (Å²) in [5.41, 5.74) is 2.73. The zero-order chi connectivity index (χ0) is 20.4. The highest BCUT2D eigenvalue weighted by molar-refractivity contribution is 7.89. The van der Waals surface area contributed by atoms with Gasteiger partial charge in [-0.05, 0) is 35.9 Å². The van der Waals surface area contributed by atoms with Gasteiger partial charge in [0.05, 0.1) is 18.1 Å². The molecule has 8 heteroatoms. The highest BCUT2D eigenvalue weighted by atomic mass is 32.2. The number of likely N-dealkylation sites (N-methyl/N-ethyl adjacent to an activating group) is 1. The molecule has 1 amide bonds. The third-order valence-electron chi connectivity index (χ3n) is 5.47. The second-order valence-corrected chi connectivity index (χ2v) is 9.26. The van der Waals surface area contributed by atoms with Gasteiger partial charge in [0.15, 0.2) is 0 Å². The molecule has 2 aromatic rings. The van der Waals surface area contributed by atoms with Gasteiger partial charge in [-0.25, -0.2) is 8.42 Å². The van der Waals surface area contributed by atoms with Crippen LogP contribution in [0.25, 0.3) is 0 Å². The number of ether oxygens (including phenoxy) is 1. The van der Waals surface area contributed by atoms with Gasteiger partial charge in [0.2, 0.25) is 10.0 Å². The molecule has 1 fully saturated rings. The number of fused-ring (bicyclic) bond motifs is 1. The van der Waals surface area contributed by atoms with E-state index in [0.29, 0.717) is 45.0 Å². The van der Waals surface area contributed by atoms with Gasteiger partial charge in [-0.2, -0.15) is 4.31 Å². The molecule has 0 unspecified atom stereocenters. The summed E-state index contributed by atoms with van der Waals surface area (Å²) in [5.74, 6) is -0.0922. The molecule has 0 saturated carbocycles. The lowest BCUT2D eigenvalue weighted by atomic mass is 10.1. The Bertz CT molecular complexity index is 985. The first-order chi connectivity index (χ1) is 14.0. The van der Waals surface area contributed by atoms with Gasteiger partial charge in [-0.3, -0.25) is 4.79 Å². The van der Waals surface area contributed by atoms with Gasteiger partial charge in [0.25, 0.3) is 5.91 Å². The van der Waals surface area contributed by atoms with Crippen LogP contribution in [-0.4, -0.2) is 70.0 Å². The van der Waals surface area contributed by atoms with Crippen LogP contribution in [0.3, 0.4) is 0 Å². The minimum atomic E-state index is -3.56. The molecule has 0 atom stereocenters. The molecule has 0 radical (unpaired) electrons. The van der Waals surface area contributed by atoms with E-state index in [0.717, 1.165) is 17.8 Å². The molecule has 0 bridgehead atoms. The molecule has 2 heterocycles. The molecule has 4 rings (SSSR count). The highest BCUT2D eigenvalue weighted by Gasteiger charge is 2.27. The molecule has 1 saturated heterocycles. The average molecular weight is 416 g/mol. The molecule has 0 aliphatic carbocycles. The van der Waals surface area contributed by atoms with Crippen LogP contribution < -0.4 is 4.90 Å². The van der Waals surface area contributed by atoms with Crippen LogP contribution in [-0.2, 0) is 21.3 Å². The van der Waals surface area contributed by atoms with E-state index in [1.54, 1.807) is 12.1 Å². The van der Waals surface area contributed by atoms with Crippen LogP contribution >= 0.6 is 0 Å². The first-order valence-corrected chi connectivity index (χ1v) is 11.2. The van der Waals surface area contributed by atoms with Crippen molar-refractivity contribution in [2.45, 2.75) is 11.4 Å². The number of carbonyl (C=O) groups excluding carboxylic acids is 1. The first-order valence-electron chi connectivity index (χ1n) is 9.73. The van der Waals surface area contributed by atoms with E-state index in [9.17, 15) is 13.2 Å². The van der Waals surface area contributed by atoms with Crippen molar-refractivity contribution in [3.63, 3.8) is 0 Å². The number of morpholine rings is 1. The van der Waals surface area contributed by atoms with E-state index >= 15 is 0 Å². The number of benzene rings is 2. The second kappa shape index (κ2) is 8.14. The van der Waals surface area contributed by atoms with Gasteiger partial charge >= 0.3 is 0 Å². The van der Waals surface area contributed by atoms with E-state index in [2.05, 4.69) is 11.0 Å². The van der Waals surface area contributed by atoms with Crippen LogP contribution in [0.4, 0.5) is 5.69 Å². The Morgan fingerprint density at radius 1 is 0.931 bits per heavy atom. The van der Waals surface area contributed by atoms with Gasteiger partial charge < -0.3 is 14.5 Å². The molecule has 2 aromatic carbocycles. The van der Waals surface area contributed by atoms with Gasteiger partial charge in [-0.1, -0.05) is 18.2 Å². The fraction of sp³-hybridized carbons (Fsp3) is 0.381. The molecule has 154 valence electrons. The number of sulfonamides is 1. The average Bonchev–Trinajstić information content (AvgIpc) is 2.93. The maximum Gasteiger partial charge on any atom is 0.254 e. The highest BCUT2D eigenvalue weighted by Crippen LogP contribution is 2.25. The minimum Gasteiger partial charge on any atom is -0.379 e. The molecular formula is C21H25N3O4S. The Labute approximate surface area is 171 Å². The Balaban J connectivity index is 1.53. The number of carbonyl (C=O) groups is 1. The number of anilines is 1. The van der Waals surface area contributed by atoms with E-state index in [1.165, 1.54) is 16.4 Å². The summed E-state index contributed by atoms with van der Waals surface area (Å²) >= 11 is 0. The number of hydrogen-bond donors (Lipinski definition) is 0. The normalized spacial score (nSPS) is 18.2. The van der Waals surface area contributed by atoms with Crippen LogP contribution in [0.5, 0.6) is 0 Å². The predicted molar refractivity (Wildman–Crippen MR) is 110 cm³/mol. The third kappa shape index (κ3) is 4.01. The third-order valence-corrected chi connectivity index (χ3v) is 7.38. The maximum atomic E-state index is 13.1. The van der Waals surface area contributed by atoms with Crippen LogP contribution in [0.1, 0.15) is 15.9 Å². The maximum absolute atomic E-state index is 13.1. The molecule has 0 aromatic heterocycles. The number of rotatable bonds is 3. The Morgan fingerprint density at radius 2 is 1.62 bits per heavy atom. The minimum absolute atomic E-state index is 0.0922. The lowest BCUT2D eigenvalue weighted by Gasteiger charge is -2.26. The SMILES string of the molecule is CN1CCN(C(=O)c2ccc(S(=O)(=O)N3CCOCC3)cc2)Cc2ccccc21. The largest absolute Gasteiger partial charge is 0.379 e. The molecule has 7 nitrogen and oxygen atoms in total. The predicted octanol–water partition coefficient (Wildman–Crippen LogP) is 1.80. The van der Waals surface area contributed by atoms with Crippen molar-refractivity contribution < 1.29 is 17.9 Å². The second-order valence-electron chi connectivity index (χ2n) is 7.32. The summed E-state index contributed by atoms with van der Waals surface area (Å²) in [6.45, 7) is 3.39. The molecule has 0 spiro atoms. The summed E-state index contributed by atoms with van der Waals surface area (Å²) in [6.07, 6.45) is 0. The number of amides is 1. The summed E-state index contributed by atoms with van der Waals surface area (Å²) in [4.78, 5) is 17.2. The summed E-state index contributed by atoms with van der Waals surface area (Å²) in [5, 5.41) is 0. The zero-order valence-corrected chi connectivity index (χ0v) is 17.3. The van der Waals surface area contributed by atoms with Crippen molar-refractivity contribution in [1.82, 2.24) is 9.21 Å². The first kappa shape index (κ1) is 19.9. The van der Waals surface area contributed by atoms with Crippen LogP contribution in [0.2, 0.25) is 0 Å². The van der Waals surface area contributed by atoms with Gasteiger partial charge in [-0.15, -0.1) is 0 Å². The fourth-order valence-corrected chi connectivity index (χ4v) is 5.16. The number of nitrogens with zero attached hydrogens (tertiary/aromatic N) is 3. The Hall–Kier alpha value is -2.42. The molecule has 2 aliphatic heterocycles. The molecule has 0 N–H and O–H groups in total. The van der Waals surface area contributed by atoms with Crippen molar-refractivity contribution in [3.05, 3.63) is 59.7 Å². The van der Waals surface area contributed by atoms with Crippen LogP contribution in [0, 0.1) is 0 Å². The van der Waals surface area contributed by atoms with Crippen molar-refractivity contribution in [2.75, 3.05) is 51.3 Å². The van der Waals surface area contributed by atoms with E-state index in [4.69, 9.17) is 4.74 Å². The van der Waals surface area contributed by atoms with Crippen molar-refractivity contribution in [3.8, 4) is 0 Å². The van der Waals surface area contributed by atoms with Crippen LogP contribution in [0.15, 0.2) is 53.4 Å². The fourth-order valence-electron chi connectivity index (χ4n) is 3.75. The summed E-state index contributed by atoms with van der Waals surface area (Å²) < 4.78 is 32.2.